The standard InChI is InChI=1S/C67H94F2N10O13/c1-3-54-43-67(68,69)46-79(54)64(86)24-23-60(82)56-25-30-70-58-22-21-55(42-57(56)58)92-41-10-7-12-53-26-31-78(32-27-53)63(85)16-5-4-8-29-72-66(89)59(14-6-9-28-71-61(83)15-11-13-52-19-17-51(2)18-20-52)73-62(84)44-74-33-34-75(45-65(87)88)36-38-77(48-91-50-81)40-39-76(37-35-74)47-90-49-80/h1,17-22,25,30,42,49-50,53-54,59H,4-16,23-24,26-29,31-41,43-48H2,2H3,(H,71,83)(H,72,89)(H,73,84)(H,87,88)/t54-,59?/m0/s1. The Morgan fingerprint density at radius 1 is 0.717 bits per heavy atom. The minimum absolute atomic E-state index is 0.000213. The summed E-state index contributed by atoms with van der Waals surface area (Å²) in [6, 6.07) is 13.3. The fraction of sp³-hybridized carbons (Fsp3) is 0.612. The molecule has 0 saturated carbocycles. The molecule has 25 heteroatoms. The molecule has 4 N–H and O–H groups in total. The van der Waals surface area contributed by atoms with Crippen LogP contribution in [-0.2, 0) is 54.3 Å². The number of pyridine rings is 1. The third-order valence-electron chi connectivity index (χ3n) is 17.2. The lowest BCUT2D eigenvalue weighted by atomic mass is 9.91. The van der Waals surface area contributed by atoms with Crippen molar-refractivity contribution in [2.45, 2.75) is 141 Å². The highest BCUT2D eigenvalue weighted by Gasteiger charge is 2.46. The van der Waals surface area contributed by atoms with Gasteiger partial charge in [0.15, 0.2) is 5.78 Å². The smallest absolute Gasteiger partial charge is 0.317 e. The van der Waals surface area contributed by atoms with Gasteiger partial charge in [0.05, 0.1) is 37.8 Å². The number of aromatic nitrogens is 1. The predicted molar refractivity (Wildman–Crippen MR) is 340 cm³/mol. The number of ether oxygens (including phenoxy) is 3. The molecule has 5 amide bonds. The Bertz CT molecular complexity index is 2910. The number of likely N-dealkylation sites (tertiary alicyclic amines) is 2. The van der Waals surface area contributed by atoms with E-state index in [4.69, 9.17) is 20.6 Å². The number of hydrogen-bond acceptors (Lipinski definition) is 17. The number of rotatable bonds is 37. The number of nitrogens with one attached hydrogen (secondary N) is 3. The molecule has 1 aromatic heterocycles. The van der Waals surface area contributed by atoms with Crippen LogP contribution in [0.4, 0.5) is 8.78 Å². The van der Waals surface area contributed by atoms with E-state index < -0.39 is 48.8 Å². The van der Waals surface area contributed by atoms with Crippen LogP contribution in [0.3, 0.4) is 0 Å². The first-order valence-electron chi connectivity index (χ1n) is 32.5. The third-order valence-corrected chi connectivity index (χ3v) is 17.2. The summed E-state index contributed by atoms with van der Waals surface area (Å²) in [5.41, 5.74) is 3.30. The SMILES string of the molecule is C#C[C@H]1CC(F)(F)CN1C(=O)CCC(=O)c1ccnc2ccc(OCCCCC3CCN(C(=O)CCCCCNC(=O)C(CCCCNC(=O)CCCc4ccc(C)cc4)NC(=O)CN4CCN(COC=O)CCN(COC=O)CCN(CC(=O)O)CC4)CC3)cc12. The van der Waals surface area contributed by atoms with Crippen LogP contribution in [0.5, 0.6) is 5.75 Å². The highest BCUT2D eigenvalue weighted by molar-refractivity contribution is 6.08. The Kier molecular flexibility index (Phi) is 31.6. The third kappa shape index (κ3) is 26.5. The Morgan fingerprint density at radius 2 is 1.37 bits per heavy atom. The number of fused-ring (bicyclic) bond motifs is 1. The van der Waals surface area contributed by atoms with Gasteiger partial charge in [0.2, 0.25) is 29.5 Å². The lowest BCUT2D eigenvalue weighted by molar-refractivity contribution is -0.139. The molecule has 2 atom stereocenters. The first-order valence-corrected chi connectivity index (χ1v) is 32.5. The van der Waals surface area contributed by atoms with Crippen LogP contribution >= 0.6 is 0 Å². The highest BCUT2D eigenvalue weighted by Crippen LogP contribution is 2.33. The summed E-state index contributed by atoms with van der Waals surface area (Å²) in [7, 11) is 0. The van der Waals surface area contributed by atoms with Gasteiger partial charge in [-0.2, -0.15) is 0 Å². The van der Waals surface area contributed by atoms with Crippen LogP contribution in [0.1, 0.15) is 131 Å². The van der Waals surface area contributed by atoms with Crippen LogP contribution in [0, 0.1) is 25.2 Å². The number of amides is 5. The molecule has 1 unspecified atom stereocenters. The van der Waals surface area contributed by atoms with Crippen molar-refractivity contribution in [3.63, 3.8) is 0 Å². The van der Waals surface area contributed by atoms with E-state index in [1.54, 1.807) is 29.2 Å². The fourth-order valence-corrected chi connectivity index (χ4v) is 11.8. The van der Waals surface area contributed by atoms with E-state index in [1.807, 2.05) is 26.5 Å². The number of carboxylic acid groups (broad SMARTS) is 1. The number of piperidine rings is 1. The Morgan fingerprint density at radius 3 is 2.03 bits per heavy atom. The number of nitrogens with zero attached hydrogens (tertiary/aromatic N) is 7. The molecule has 23 nitrogen and oxygen atoms in total. The van der Waals surface area contributed by atoms with Crippen LogP contribution in [-0.4, -0.2) is 230 Å². The summed E-state index contributed by atoms with van der Waals surface area (Å²) in [5.74, 6) is -2.34. The zero-order valence-electron chi connectivity index (χ0n) is 53.3. The Labute approximate surface area is 538 Å². The number of hydrogen-bond donors (Lipinski definition) is 4. The number of carbonyl (C=O) groups excluding carboxylic acids is 8. The number of Topliss-reactive ketones (excluding diaryl/α,β-unsaturated/α-hetero) is 1. The van der Waals surface area contributed by atoms with Crippen molar-refractivity contribution in [1.82, 2.24) is 50.3 Å². The van der Waals surface area contributed by atoms with Gasteiger partial charge in [0, 0.05) is 128 Å². The van der Waals surface area contributed by atoms with Gasteiger partial charge in [-0.1, -0.05) is 48.6 Å². The normalized spacial score (nSPS) is 17.5. The average molecular weight is 1290 g/mol. The largest absolute Gasteiger partial charge is 0.494 e. The molecule has 0 spiro atoms. The maximum Gasteiger partial charge on any atom is 0.317 e. The van der Waals surface area contributed by atoms with Gasteiger partial charge < -0.3 is 45.1 Å². The number of ketones is 1. The van der Waals surface area contributed by atoms with E-state index in [0.717, 1.165) is 43.4 Å². The van der Waals surface area contributed by atoms with Gasteiger partial charge in [-0.25, -0.2) is 8.78 Å². The molecular formula is C67H94F2N10O13. The number of aryl methyl sites for hydroxylation is 2. The average Bonchev–Trinajstić information content (AvgIpc) is 1.21. The van der Waals surface area contributed by atoms with Gasteiger partial charge in [-0.3, -0.25) is 67.7 Å². The molecule has 3 aliphatic heterocycles. The first kappa shape index (κ1) is 73.4. The molecule has 3 saturated heterocycles. The molecule has 0 bridgehead atoms. The molecule has 0 aliphatic carbocycles. The maximum absolute atomic E-state index is 14.0. The minimum Gasteiger partial charge on any atom is -0.494 e. The van der Waals surface area contributed by atoms with E-state index in [9.17, 15) is 57.0 Å². The number of unbranched alkanes of at least 4 members (excludes halogenated alkanes) is 4. The van der Waals surface area contributed by atoms with E-state index >= 15 is 0 Å². The fourth-order valence-electron chi connectivity index (χ4n) is 11.8. The second kappa shape index (κ2) is 39.7. The molecule has 3 fully saturated rings. The number of carboxylic acids is 1. The zero-order chi connectivity index (χ0) is 66.1. The van der Waals surface area contributed by atoms with E-state index in [2.05, 4.69) is 51.1 Å². The lowest BCUT2D eigenvalue weighted by Crippen LogP contribution is -2.52. The molecule has 504 valence electrons. The summed E-state index contributed by atoms with van der Waals surface area (Å²) in [6.07, 6.45) is 16.2. The molecule has 6 rings (SSSR count). The monoisotopic (exact) mass is 1280 g/mol. The number of halogens is 2. The van der Waals surface area contributed by atoms with Crippen LogP contribution in [0.15, 0.2) is 54.7 Å². The summed E-state index contributed by atoms with van der Waals surface area (Å²) < 4.78 is 44.1. The van der Waals surface area contributed by atoms with Gasteiger partial charge >= 0.3 is 5.97 Å². The van der Waals surface area contributed by atoms with Crippen LogP contribution in [0.25, 0.3) is 10.9 Å². The summed E-state index contributed by atoms with van der Waals surface area (Å²) in [6.45, 7) is 7.10. The Hall–Kier alpha value is -7.66. The molecule has 3 aromatic rings. The topological polar surface area (TPSA) is 270 Å². The zero-order valence-corrected chi connectivity index (χ0v) is 53.3. The van der Waals surface area contributed by atoms with E-state index in [0.29, 0.717) is 184 Å². The molecule has 2 aromatic carbocycles. The number of alkyl halides is 2. The number of aliphatic carboxylic acids is 1. The van der Waals surface area contributed by atoms with E-state index in [-0.39, 0.29) is 62.9 Å². The highest BCUT2D eigenvalue weighted by atomic mass is 19.3. The molecule has 3 aliphatic rings. The van der Waals surface area contributed by atoms with Crippen molar-refractivity contribution in [2.75, 3.05) is 118 Å². The summed E-state index contributed by atoms with van der Waals surface area (Å²) in [5, 5.41) is 19.2. The van der Waals surface area contributed by atoms with Crippen molar-refractivity contribution in [1.29, 1.82) is 0 Å². The second-order valence-electron chi connectivity index (χ2n) is 24.3. The predicted octanol–water partition coefficient (Wildman–Crippen LogP) is 5.20. The quantitative estimate of drug-likeness (QED) is 0.0250. The van der Waals surface area contributed by atoms with Gasteiger partial charge in [-0.05, 0) is 113 Å². The van der Waals surface area contributed by atoms with Gasteiger partial charge in [0.1, 0.15) is 25.3 Å². The van der Waals surface area contributed by atoms with Gasteiger partial charge in [-0.15, -0.1) is 6.42 Å². The van der Waals surface area contributed by atoms with Crippen molar-refractivity contribution in [3.05, 3.63) is 71.4 Å². The molecule has 92 heavy (non-hydrogen) atoms. The molecular weight excluding hydrogens is 1190 g/mol. The van der Waals surface area contributed by atoms with Crippen LogP contribution < -0.4 is 20.7 Å². The number of carbonyl (C=O) groups is 9. The van der Waals surface area contributed by atoms with Crippen molar-refractivity contribution in [2.24, 2.45) is 5.92 Å². The number of benzene rings is 2. The van der Waals surface area contributed by atoms with Crippen molar-refractivity contribution < 1.29 is 71.2 Å². The van der Waals surface area contributed by atoms with E-state index in [1.165, 1.54) is 17.3 Å². The maximum atomic E-state index is 14.0. The van der Waals surface area contributed by atoms with Crippen molar-refractivity contribution >= 4 is 65.1 Å². The second-order valence-corrected chi connectivity index (χ2v) is 24.3. The first-order chi connectivity index (χ1) is 44.4. The lowest BCUT2D eigenvalue weighted by Gasteiger charge is -2.33. The van der Waals surface area contributed by atoms with Crippen LogP contribution in [0.2, 0.25) is 0 Å². The molecule has 4 heterocycles. The Balaban J connectivity index is 0.906. The summed E-state index contributed by atoms with van der Waals surface area (Å²) >= 11 is 0. The molecule has 0 radical (unpaired) electrons. The minimum atomic E-state index is -3.06. The van der Waals surface area contributed by atoms with Crippen molar-refractivity contribution in [3.8, 4) is 18.1 Å². The van der Waals surface area contributed by atoms with Gasteiger partial charge in [0.25, 0.3) is 18.9 Å². The number of terminal acetylenes is 1. The summed E-state index contributed by atoms with van der Waals surface area (Å²) in [4.78, 5) is 129.